The van der Waals surface area contributed by atoms with E-state index in [4.69, 9.17) is 4.74 Å². The highest BCUT2D eigenvalue weighted by Gasteiger charge is 2.71. The second-order valence-corrected chi connectivity index (χ2v) is 13.3. The molecule has 2 aliphatic heterocycles. The first-order valence-corrected chi connectivity index (χ1v) is 16.3. The fourth-order valence-corrected chi connectivity index (χ4v) is 8.87. The number of nitrogens with one attached hydrogen (secondary N) is 1. The Morgan fingerprint density at radius 1 is 0.857 bits per heavy atom. The smallest absolute Gasteiger partial charge is 0.423 e. The average Bonchev–Trinajstić information content (AvgIpc) is 3.50. The van der Waals surface area contributed by atoms with E-state index in [9.17, 15) is 24.3 Å². The fourth-order valence-electron chi connectivity index (χ4n) is 8.87. The number of ether oxygens (including phenoxy) is 1. The zero-order valence-electron chi connectivity index (χ0n) is 26.8. The van der Waals surface area contributed by atoms with Crippen LogP contribution in [0.2, 0.25) is 0 Å². The number of amides is 5. The molecule has 2 heterocycles. The maximum absolute atomic E-state index is 15.2. The number of likely N-dealkylation sites (tertiary alicyclic amines) is 1. The van der Waals surface area contributed by atoms with Gasteiger partial charge in [-0.05, 0) is 48.8 Å². The fraction of sp³-hybridized carbons (Fsp3) is 0.256. The molecule has 6 atom stereocenters. The molecular weight excluding hydrogens is 622 g/mol. The monoisotopic (exact) mass is 655 g/mol. The van der Waals surface area contributed by atoms with Crippen molar-refractivity contribution in [3.8, 4) is 5.75 Å². The molecule has 8 rings (SSSR count). The molecule has 6 unspecified atom stereocenters. The van der Waals surface area contributed by atoms with Gasteiger partial charge in [0.25, 0.3) is 11.8 Å². The Morgan fingerprint density at radius 2 is 1.57 bits per heavy atom. The number of benzene rings is 4. The number of aryl methyl sites for hydroxylation is 1. The number of aromatic hydroxyl groups is 1. The highest BCUT2D eigenvalue weighted by atomic mass is 16.5. The van der Waals surface area contributed by atoms with E-state index >= 15 is 4.79 Å². The minimum absolute atomic E-state index is 0.0314. The van der Waals surface area contributed by atoms with Gasteiger partial charge in [0, 0.05) is 16.9 Å². The molecule has 2 aliphatic carbocycles. The molecule has 4 aromatic rings. The van der Waals surface area contributed by atoms with Crippen LogP contribution in [0.5, 0.6) is 5.75 Å². The molecule has 0 spiro atoms. The minimum atomic E-state index is -1.53. The Bertz CT molecular complexity index is 2110. The van der Waals surface area contributed by atoms with E-state index in [1.807, 2.05) is 79.7 Å². The van der Waals surface area contributed by atoms with Gasteiger partial charge in [-0.1, -0.05) is 96.1 Å². The van der Waals surface area contributed by atoms with Gasteiger partial charge in [-0.3, -0.25) is 24.6 Å². The summed E-state index contributed by atoms with van der Waals surface area (Å²) in [6.07, 6.45) is 1.04. The van der Waals surface area contributed by atoms with E-state index < -0.39 is 64.7 Å². The molecule has 2 saturated heterocycles. The molecule has 4 aromatic carbocycles. The molecule has 3 fully saturated rings. The first-order valence-electron chi connectivity index (χ1n) is 16.3. The average molecular weight is 656 g/mol. The summed E-state index contributed by atoms with van der Waals surface area (Å²) < 4.78 is 4.80. The van der Waals surface area contributed by atoms with Crippen LogP contribution in [0.1, 0.15) is 35.4 Å². The van der Waals surface area contributed by atoms with Crippen LogP contribution in [0.25, 0.3) is 10.8 Å². The molecule has 10 nitrogen and oxygen atoms in total. The van der Waals surface area contributed by atoms with E-state index in [2.05, 4.69) is 5.43 Å². The van der Waals surface area contributed by atoms with Crippen molar-refractivity contribution in [3.05, 3.63) is 119 Å². The van der Waals surface area contributed by atoms with Gasteiger partial charge in [-0.2, -0.15) is 9.91 Å². The summed E-state index contributed by atoms with van der Waals surface area (Å²) in [6, 6.07) is 27.5. The number of phenols is 1. The standard InChI is InChI=1S/C39H33N3O7/c1-21-12-15-24(16-13-21)40-42-35(45)30-20-29-26(18-19-27-31(29)36(46)41(34(27)44)38(48)49-2)32(39(30,37(42)47)23-9-4-3-5-10-23)28-17-14-22-8-6-7-11-25(22)33(28)43/h3-18,27,29-32,40,43H,19-20H2,1-2H3. The first-order chi connectivity index (χ1) is 23.7. The van der Waals surface area contributed by atoms with Gasteiger partial charge in [-0.25, -0.2) is 4.79 Å². The van der Waals surface area contributed by atoms with Crippen molar-refractivity contribution < 1.29 is 33.8 Å². The third-order valence-electron chi connectivity index (χ3n) is 11.0. The van der Waals surface area contributed by atoms with Crippen molar-refractivity contribution in [2.45, 2.75) is 31.1 Å². The van der Waals surface area contributed by atoms with E-state index in [1.165, 1.54) is 0 Å². The van der Waals surface area contributed by atoms with Gasteiger partial charge >= 0.3 is 6.09 Å². The number of rotatable bonds is 4. The molecule has 0 bridgehead atoms. The number of phenolic OH excluding ortho intramolecular Hbond substituents is 1. The zero-order chi connectivity index (χ0) is 34.2. The molecule has 246 valence electrons. The second-order valence-electron chi connectivity index (χ2n) is 13.3. The Balaban J connectivity index is 1.38. The maximum Gasteiger partial charge on any atom is 0.423 e. The normalized spacial score (nSPS) is 27.5. The third-order valence-corrected chi connectivity index (χ3v) is 11.0. The molecule has 5 amide bonds. The van der Waals surface area contributed by atoms with Gasteiger partial charge < -0.3 is 9.84 Å². The van der Waals surface area contributed by atoms with Crippen molar-refractivity contribution in [2.75, 3.05) is 12.5 Å². The summed E-state index contributed by atoms with van der Waals surface area (Å²) in [5, 5.41) is 14.5. The first kappa shape index (κ1) is 30.6. The van der Waals surface area contributed by atoms with Crippen LogP contribution in [0, 0.1) is 30.6 Å². The molecule has 49 heavy (non-hydrogen) atoms. The van der Waals surface area contributed by atoms with Gasteiger partial charge in [-0.15, -0.1) is 0 Å². The zero-order valence-corrected chi connectivity index (χ0v) is 26.8. The van der Waals surface area contributed by atoms with Crippen LogP contribution < -0.4 is 5.43 Å². The van der Waals surface area contributed by atoms with Crippen LogP contribution >= 0.6 is 0 Å². The summed E-state index contributed by atoms with van der Waals surface area (Å²) >= 11 is 0. The quantitative estimate of drug-likeness (QED) is 0.214. The van der Waals surface area contributed by atoms with Gasteiger partial charge in [0.1, 0.15) is 5.75 Å². The summed E-state index contributed by atoms with van der Waals surface area (Å²) in [7, 11) is 1.11. The number of carbonyl (C=O) groups excluding carboxylic acids is 5. The van der Waals surface area contributed by atoms with E-state index in [0.717, 1.165) is 23.1 Å². The number of anilines is 1. The van der Waals surface area contributed by atoms with E-state index in [0.29, 0.717) is 32.7 Å². The minimum Gasteiger partial charge on any atom is -0.507 e. The summed E-state index contributed by atoms with van der Waals surface area (Å²) in [5.41, 5.74) is 4.80. The number of hydrazine groups is 1. The molecule has 10 heteroatoms. The topological polar surface area (TPSA) is 133 Å². The number of imide groups is 4. The number of hydrogen-bond donors (Lipinski definition) is 2. The Labute approximate surface area is 281 Å². The lowest BCUT2D eigenvalue weighted by Crippen LogP contribution is -2.53. The van der Waals surface area contributed by atoms with Crippen LogP contribution in [0.4, 0.5) is 10.5 Å². The molecule has 0 radical (unpaired) electrons. The largest absolute Gasteiger partial charge is 0.507 e. The molecule has 4 aliphatic rings. The number of fused-ring (bicyclic) bond motifs is 5. The number of nitrogens with zero attached hydrogens (tertiary/aromatic N) is 2. The maximum atomic E-state index is 15.2. The van der Waals surface area contributed by atoms with Crippen molar-refractivity contribution in [1.82, 2.24) is 9.91 Å². The lowest BCUT2D eigenvalue weighted by atomic mass is 9.49. The van der Waals surface area contributed by atoms with Crippen molar-refractivity contribution in [2.24, 2.45) is 23.7 Å². The van der Waals surface area contributed by atoms with E-state index in [-0.39, 0.29) is 18.6 Å². The van der Waals surface area contributed by atoms with Crippen LogP contribution in [0.3, 0.4) is 0 Å². The van der Waals surface area contributed by atoms with Gasteiger partial charge in [0.15, 0.2) is 0 Å². The number of methoxy groups -OCH3 is 1. The van der Waals surface area contributed by atoms with Crippen LogP contribution in [-0.4, -0.2) is 51.8 Å². The highest BCUT2D eigenvalue weighted by molar-refractivity contribution is 6.16. The lowest BCUT2D eigenvalue weighted by Gasteiger charge is -2.50. The van der Waals surface area contributed by atoms with Gasteiger partial charge in [0.05, 0.1) is 36.0 Å². The van der Waals surface area contributed by atoms with Crippen molar-refractivity contribution in [3.63, 3.8) is 0 Å². The summed E-state index contributed by atoms with van der Waals surface area (Å²) in [4.78, 5) is 70.6. The van der Waals surface area contributed by atoms with Crippen LogP contribution in [-0.2, 0) is 29.3 Å². The van der Waals surface area contributed by atoms with Gasteiger partial charge in [0.2, 0.25) is 11.8 Å². The van der Waals surface area contributed by atoms with E-state index in [1.54, 1.807) is 24.3 Å². The van der Waals surface area contributed by atoms with Crippen LogP contribution in [0.15, 0.2) is 103 Å². The molecular formula is C39H33N3O7. The molecule has 2 N–H and O–H groups in total. The second kappa shape index (κ2) is 11.2. The SMILES string of the molecule is COC(=O)N1C(=O)C2CC=C3C(CC4C(=O)N(Nc5ccc(C)cc5)C(=O)C4(c4ccccc4)C3c3ccc4ccccc4c3O)C2C1=O. The Hall–Kier alpha value is -5.77. The highest BCUT2D eigenvalue weighted by Crippen LogP contribution is 2.65. The number of hydrogen-bond acceptors (Lipinski definition) is 8. The Kier molecular flexibility index (Phi) is 6.95. The Morgan fingerprint density at radius 3 is 2.31 bits per heavy atom. The lowest BCUT2D eigenvalue weighted by molar-refractivity contribution is -0.140. The predicted octanol–water partition coefficient (Wildman–Crippen LogP) is 5.61. The number of allylic oxidation sites excluding steroid dienone is 2. The number of carbonyl (C=O) groups is 5. The van der Waals surface area contributed by atoms with Crippen molar-refractivity contribution >= 4 is 46.2 Å². The molecule has 0 aromatic heterocycles. The summed E-state index contributed by atoms with van der Waals surface area (Å²) in [6.45, 7) is 1.94. The molecule has 1 saturated carbocycles. The third kappa shape index (κ3) is 4.22. The van der Waals surface area contributed by atoms with Crippen molar-refractivity contribution in [1.29, 1.82) is 0 Å². The predicted molar refractivity (Wildman–Crippen MR) is 179 cm³/mol. The summed E-state index contributed by atoms with van der Waals surface area (Å²) in [5.74, 6) is -6.68.